The molecular weight excluding hydrogens is 270 g/mol. The van der Waals surface area contributed by atoms with Crippen molar-refractivity contribution in [3.8, 4) is 11.6 Å². The van der Waals surface area contributed by atoms with Crippen molar-refractivity contribution in [2.24, 2.45) is 0 Å². The normalized spacial score (nSPS) is 15.0. The van der Waals surface area contributed by atoms with E-state index in [0.717, 1.165) is 5.69 Å². The first-order valence-corrected chi connectivity index (χ1v) is 6.86. The minimum Gasteiger partial charge on any atom is -0.480 e. The lowest BCUT2D eigenvalue weighted by Crippen LogP contribution is -2.41. The van der Waals surface area contributed by atoms with E-state index in [1.807, 2.05) is 30.3 Å². The molecule has 0 saturated carbocycles. The Morgan fingerprint density at radius 1 is 1.24 bits per heavy atom. The van der Waals surface area contributed by atoms with Crippen LogP contribution >= 0.6 is 0 Å². The standard InChI is InChI=1S/C15H17N3O3/c1-20-14-11-13(15(19)17-7-9-21-10-8-17)18(16-14)12-5-3-2-4-6-12/h2-6,11H,7-10H2,1H3. The van der Waals surface area contributed by atoms with Gasteiger partial charge < -0.3 is 14.4 Å². The molecule has 21 heavy (non-hydrogen) atoms. The van der Waals surface area contributed by atoms with E-state index >= 15 is 0 Å². The van der Waals surface area contributed by atoms with Crippen molar-refractivity contribution in [2.45, 2.75) is 0 Å². The molecule has 1 aromatic carbocycles. The number of aromatic nitrogens is 2. The van der Waals surface area contributed by atoms with Crippen molar-refractivity contribution in [1.82, 2.24) is 14.7 Å². The number of ether oxygens (including phenoxy) is 2. The minimum absolute atomic E-state index is 0.0575. The number of carbonyl (C=O) groups excluding carboxylic acids is 1. The summed E-state index contributed by atoms with van der Waals surface area (Å²) in [5.41, 5.74) is 1.33. The molecule has 0 spiro atoms. The maximum absolute atomic E-state index is 12.7. The number of morpholine rings is 1. The van der Waals surface area contributed by atoms with Crippen LogP contribution in [0, 0.1) is 0 Å². The van der Waals surface area contributed by atoms with Crippen LogP contribution in [0.2, 0.25) is 0 Å². The molecule has 6 nitrogen and oxygen atoms in total. The molecule has 1 aromatic heterocycles. The maximum atomic E-state index is 12.7. The van der Waals surface area contributed by atoms with Crippen molar-refractivity contribution in [1.29, 1.82) is 0 Å². The lowest BCUT2D eigenvalue weighted by molar-refractivity contribution is 0.0297. The third kappa shape index (κ3) is 2.75. The van der Waals surface area contributed by atoms with Gasteiger partial charge in [-0.15, -0.1) is 5.10 Å². The van der Waals surface area contributed by atoms with Crippen LogP contribution in [-0.2, 0) is 4.74 Å². The van der Waals surface area contributed by atoms with Gasteiger partial charge in [-0.2, -0.15) is 0 Å². The van der Waals surface area contributed by atoms with Crippen molar-refractivity contribution in [3.05, 3.63) is 42.1 Å². The number of rotatable bonds is 3. The smallest absolute Gasteiger partial charge is 0.272 e. The Bertz CT molecular complexity index is 618. The van der Waals surface area contributed by atoms with Crippen LogP contribution in [0.5, 0.6) is 5.88 Å². The molecular formula is C15H17N3O3. The summed E-state index contributed by atoms with van der Waals surface area (Å²) in [6.07, 6.45) is 0. The Morgan fingerprint density at radius 3 is 2.62 bits per heavy atom. The number of benzene rings is 1. The summed E-state index contributed by atoms with van der Waals surface area (Å²) in [6.45, 7) is 2.34. The van der Waals surface area contributed by atoms with Crippen LogP contribution in [0.4, 0.5) is 0 Å². The summed E-state index contributed by atoms with van der Waals surface area (Å²) in [6, 6.07) is 11.2. The number of nitrogens with zero attached hydrogens (tertiary/aromatic N) is 3. The molecule has 0 bridgehead atoms. The van der Waals surface area contributed by atoms with E-state index < -0.39 is 0 Å². The van der Waals surface area contributed by atoms with Crippen LogP contribution in [0.15, 0.2) is 36.4 Å². The number of hydrogen-bond donors (Lipinski definition) is 0. The quantitative estimate of drug-likeness (QED) is 0.855. The molecule has 3 rings (SSSR count). The zero-order chi connectivity index (χ0) is 14.7. The van der Waals surface area contributed by atoms with E-state index in [1.165, 1.54) is 0 Å². The average molecular weight is 287 g/mol. The van der Waals surface area contributed by atoms with Crippen LogP contribution in [-0.4, -0.2) is 54.0 Å². The summed E-state index contributed by atoms with van der Waals surface area (Å²) in [4.78, 5) is 14.5. The van der Waals surface area contributed by atoms with Gasteiger partial charge in [0.25, 0.3) is 5.91 Å². The lowest BCUT2D eigenvalue weighted by Gasteiger charge is -2.26. The minimum atomic E-state index is -0.0575. The molecule has 1 fully saturated rings. The maximum Gasteiger partial charge on any atom is 0.272 e. The lowest BCUT2D eigenvalue weighted by atomic mass is 10.3. The van der Waals surface area contributed by atoms with Gasteiger partial charge >= 0.3 is 0 Å². The zero-order valence-electron chi connectivity index (χ0n) is 11.9. The molecule has 110 valence electrons. The highest BCUT2D eigenvalue weighted by molar-refractivity contribution is 5.93. The summed E-state index contributed by atoms with van der Waals surface area (Å²) >= 11 is 0. The summed E-state index contributed by atoms with van der Waals surface area (Å²) in [5, 5.41) is 4.33. The molecule has 1 aliphatic rings. The van der Waals surface area contributed by atoms with Crippen molar-refractivity contribution >= 4 is 5.91 Å². The van der Waals surface area contributed by atoms with Gasteiger partial charge in [0.05, 0.1) is 26.0 Å². The highest BCUT2D eigenvalue weighted by Gasteiger charge is 2.24. The van der Waals surface area contributed by atoms with E-state index in [0.29, 0.717) is 37.9 Å². The van der Waals surface area contributed by atoms with E-state index in [9.17, 15) is 4.79 Å². The molecule has 0 aliphatic carbocycles. The van der Waals surface area contributed by atoms with E-state index in [1.54, 1.807) is 22.8 Å². The van der Waals surface area contributed by atoms with Crippen LogP contribution in [0.25, 0.3) is 5.69 Å². The van der Waals surface area contributed by atoms with Gasteiger partial charge in [0.1, 0.15) is 5.69 Å². The van der Waals surface area contributed by atoms with Gasteiger partial charge in [-0.1, -0.05) is 18.2 Å². The van der Waals surface area contributed by atoms with E-state index in [2.05, 4.69) is 5.10 Å². The second-order valence-corrected chi connectivity index (χ2v) is 4.72. The van der Waals surface area contributed by atoms with E-state index in [-0.39, 0.29) is 5.91 Å². The Hall–Kier alpha value is -2.34. The summed E-state index contributed by atoms with van der Waals surface area (Å²) < 4.78 is 12.1. The first-order valence-electron chi connectivity index (χ1n) is 6.86. The first kappa shape index (κ1) is 13.6. The summed E-state index contributed by atoms with van der Waals surface area (Å²) in [7, 11) is 1.54. The number of para-hydroxylation sites is 1. The second-order valence-electron chi connectivity index (χ2n) is 4.72. The van der Waals surface area contributed by atoms with Gasteiger partial charge in [-0.3, -0.25) is 4.79 Å². The number of methoxy groups -OCH3 is 1. The fourth-order valence-electron chi connectivity index (χ4n) is 2.31. The molecule has 2 heterocycles. The number of hydrogen-bond acceptors (Lipinski definition) is 4. The molecule has 0 N–H and O–H groups in total. The Balaban J connectivity index is 1.97. The van der Waals surface area contributed by atoms with Crippen LogP contribution < -0.4 is 4.74 Å². The Labute approximate surface area is 122 Å². The van der Waals surface area contributed by atoms with E-state index in [4.69, 9.17) is 9.47 Å². The molecule has 0 radical (unpaired) electrons. The van der Waals surface area contributed by atoms with Gasteiger partial charge in [-0.05, 0) is 12.1 Å². The molecule has 1 aliphatic heterocycles. The van der Waals surface area contributed by atoms with Crippen LogP contribution in [0.1, 0.15) is 10.5 Å². The molecule has 2 aromatic rings. The van der Waals surface area contributed by atoms with Crippen LogP contribution in [0.3, 0.4) is 0 Å². The van der Waals surface area contributed by atoms with Crippen molar-refractivity contribution in [3.63, 3.8) is 0 Å². The fraction of sp³-hybridized carbons (Fsp3) is 0.333. The third-order valence-corrected chi connectivity index (χ3v) is 3.41. The number of amides is 1. The first-order chi connectivity index (χ1) is 10.3. The fourth-order valence-corrected chi connectivity index (χ4v) is 2.31. The highest BCUT2D eigenvalue weighted by atomic mass is 16.5. The average Bonchev–Trinajstić information content (AvgIpc) is 3.00. The predicted molar refractivity (Wildman–Crippen MR) is 76.8 cm³/mol. The SMILES string of the molecule is COc1cc(C(=O)N2CCOCC2)n(-c2ccccc2)n1. The van der Waals surface area contributed by atoms with Gasteiger partial charge in [0, 0.05) is 19.2 Å². The molecule has 1 amide bonds. The Morgan fingerprint density at radius 2 is 1.95 bits per heavy atom. The van der Waals surface area contributed by atoms with Gasteiger partial charge in [-0.25, -0.2) is 4.68 Å². The van der Waals surface area contributed by atoms with Gasteiger partial charge in [0.15, 0.2) is 0 Å². The van der Waals surface area contributed by atoms with Gasteiger partial charge in [0.2, 0.25) is 5.88 Å². The largest absolute Gasteiger partial charge is 0.480 e. The second kappa shape index (κ2) is 5.97. The zero-order valence-corrected chi connectivity index (χ0v) is 11.9. The topological polar surface area (TPSA) is 56.6 Å². The molecule has 6 heteroatoms. The predicted octanol–water partition coefficient (Wildman–Crippen LogP) is 1.35. The monoisotopic (exact) mass is 287 g/mol. The summed E-state index contributed by atoms with van der Waals surface area (Å²) in [5.74, 6) is 0.369. The number of carbonyl (C=O) groups is 1. The molecule has 0 atom stereocenters. The molecule has 1 saturated heterocycles. The molecule has 0 unspecified atom stereocenters. The van der Waals surface area contributed by atoms with Crippen molar-refractivity contribution < 1.29 is 14.3 Å². The van der Waals surface area contributed by atoms with Crippen molar-refractivity contribution in [2.75, 3.05) is 33.4 Å². The highest BCUT2D eigenvalue weighted by Crippen LogP contribution is 2.19. The Kier molecular flexibility index (Phi) is 3.87. The third-order valence-electron chi connectivity index (χ3n) is 3.41.